The second-order valence-corrected chi connectivity index (χ2v) is 6.32. The second kappa shape index (κ2) is 6.39. The minimum Gasteiger partial charge on any atom is -0.497 e. The number of carbonyl (C=O) groups is 1. The van der Waals surface area contributed by atoms with Crippen LogP contribution in [0.5, 0.6) is 11.5 Å². The third-order valence-corrected chi connectivity index (χ3v) is 4.44. The summed E-state index contributed by atoms with van der Waals surface area (Å²) in [4.78, 5) is 14.0. The van der Waals surface area contributed by atoms with Crippen molar-refractivity contribution in [3.8, 4) is 11.5 Å². The summed E-state index contributed by atoms with van der Waals surface area (Å²) in [7, 11) is 3.27. The highest BCUT2D eigenvalue weighted by Crippen LogP contribution is 2.41. The Kier molecular flexibility index (Phi) is 4.81. The average molecular weight is 295 g/mol. The van der Waals surface area contributed by atoms with Gasteiger partial charge in [-0.05, 0) is 23.6 Å². The highest BCUT2D eigenvalue weighted by molar-refractivity contribution is 8.00. The fourth-order valence-electron chi connectivity index (χ4n) is 2.29. The predicted molar refractivity (Wildman–Crippen MR) is 81.3 cm³/mol. The first-order valence-corrected chi connectivity index (χ1v) is 7.74. The van der Waals surface area contributed by atoms with Crippen molar-refractivity contribution in [1.29, 1.82) is 0 Å². The Balaban J connectivity index is 2.31. The summed E-state index contributed by atoms with van der Waals surface area (Å²) in [5, 5.41) is 0.0499. The van der Waals surface area contributed by atoms with E-state index in [1.807, 2.05) is 23.1 Å². The molecule has 1 fully saturated rings. The predicted octanol–water partition coefficient (Wildman–Crippen LogP) is 2.93. The number of nitrogens with zero attached hydrogens (tertiary/aromatic N) is 1. The number of hydrogen-bond donors (Lipinski definition) is 0. The van der Waals surface area contributed by atoms with E-state index in [0.717, 1.165) is 23.6 Å². The Morgan fingerprint density at radius 1 is 1.25 bits per heavy atom. The number of amides is 1. The SMILES string of the molecule is COc1cc(OC)cc(C2SCC(=O)N2CC(C)C)c1. The van der Waals surface area contributed by atoms with Gasteiger partial charge in [0.1, 0.15) is 16.9 Å². The molecule has 1 atom stereocenters. The lowest BCUT2D eigenvalue weighted by molar-refractivity contribution is -0.128. The van der Waals surface area contributed by atoms with E-state index in [2.05, 4.69) is 13.8 Å². The van der Waals surface area contributed by atoms with Crippen molar-refractivity contribution in [2.45, 2.75) is 19.2 Å². The lowest BCUT2D eigenvalue weighted by Gasteiger charge is -2.26. The minimum atomic E-state index is 0.0499. The summed E-state index contributed by atoms with van der Waals surface area (Å²) in [5.41, 5.74) is 1.05. The average Bonchev–Trinajstić information content (AvgIpc) is 2.79. The third-order valence-electron chi connectivity index (χ3n) is 3.19. The van der Waals surface area contributed by atoms with Crippen LogP contribution in [0.1, 0.15) is 24.8 Å². The van der Waals surface area contributed by atoms with Crippen LogP contribution in [0.25, 0.3) is 0 Å². The Bertz CT molecular complexity index is 468. The molecular weight excluding hydrogens is 274 g/mol. The Morgan fingerprint density at radius 3 is 2.35 bits per heavy atom. The minimum absolute atomic E-state index is 0.0499. The largest absolute Gasteiger partial charge is 0.497 e. The molecule has 20 heavy (non-hydrogen) atoms. The zero-order valence-corrected chi connectivity index (χ0v) is 13.2. The lowest BCUT2D eigenvalue weighted by atomic mass is 10.1. The van der Waals surface area contributed by atoms with Gasteiger partial charge < -0.3 is 14.4 Å². The van der Waals surface area contributed by atoms with E-state index in [4.69, 9.17) is 9.47 Å². The fraction of sp³-hybridized carbons (Fsp3) is 0.533. The molecule has 1 saturated heterocycles. The maximum atomic E-state index is 12.0. The molecule has 0 spiro atoms. The van der Waals surface area contributed by atoms with Gasteiger partial charge >= 0.3 is 0 Å². The van der Waals surface area contributed by atoms with Gasteiger partial charge in [-0.3, -0.25) is 4.79 Å². The van der Waals surface area contributed by atoms with Gasteiger partial charge in [0.05, 0.1) is 20.0 Å². The Hall–Kier alpha value is -1.36. The molecule has 0 aliphatic carbocycles. The molecule has 1 aliphatic rings. The molecule has 0 aromatic heterocycles. The van der Waals surface area contributed by atoms with E-state index in [0.29, 0.717) is 11.7 Å². The van der Waals surface area contributed by atoms with Crippen LogP contribution in [0.4, 0.5) is 0 Å². The monoisotopic (exact) mass is 295 g/mol. The summed E-state index contributed by atoms with van der Waals surface area (Å²) in [5.74, 6) is 2.70. The van der Waals surface area contributed by atoms with Crippen LogP contribution in [-0.2, 0) is 4.79 Å². The summed E-state index contributed by atoms with van der Waals surface area (Å²) in [6.07, 6.45) is 0. The number of methoxy groups -OCH3 is 2. The number of hydrogen-bond acceptors (Lipinski definition) is 4. The molecule has 110 valence electrons. The van der Waals surface area contributed by atoms with Gasteiger partial charge in [0.2, 0.25) is 5.91 Å². The number of thioether (sulfide) groups is 1. The van der Waals surface area contributed by atoms with Crippen LogP contribution in [0.15, 0.2) is 18.2 Å². The van der Waals surface area contributed by atoms with Gasteiger partial charge in [-0.15, -0.1) is 11.8 Å². The first-order valence-electron chi connectivity index (χ1n) is 6.69. The van der Waals surface area contributed by atoms with Gasteiger partial charge in [-0.25, -0.2) is 0 Å². The molecule has 0 radical (unpaired) electrons. The van der Waals surface area contributed by atoms with Crippen LogP contribution in [0.3, 0.4) is 0 Å². The third kappa shape index (κ3) is 3.20. The molecule has 1 aromatic carbocycles. The van der Waals surface area contributed by atoms with Crippen molar-refractivity contribution < 1.29 is 14.3 Å². The van der Waals surface area contributed by atoms with Gasteiger partial charge in [-0.2, -0.15) is 0 Å². The first kappa shape index (κ1) is 15.0. The van der Waals surface area contributed by atoms with E-state index in [9.17, 15) is 4.79 Å². The molecule has 2 rings (SSSR count). The molecule has 5 heteroatoms. The van der Waals surface area contributed by atoms with Crippen molar-refractivity contribution >= 4 is 17.7 Å². The number of benzene rings is 1. The lowest BCUT2D eigenvalue weighted by Crippen LogP contribution is -2.31. The number of ether oxygens (including phenoxy) is 2. The van der Waals surface area contributed by atoms with Gasteiger partial charge in [0.25, 0.3) is 0 Å². The van der Waals surface area contributed by atoms with Gasteiger partial charge in [0, 0.05) is 12.6 Å². The Morgan fingerprint density at radius 2 is 1.85 bits per heavy atom. The molecule has 0 saturated carbocycles. The normalized spacial score (nSPS) is 18.8. The van der Waals surface area contributed by atoms with E-state index in [1.165, 1.54) is 0 Å². The van der Waals surface area contributed by atoms with Crippen LogP contribution in [0, 0.1) is 5.92 Å². The summed E-state index contributed by atoms with van der Waals surface area (Å²) >= 11 is 1.66. The topological polar surface area (TPSA) is 38.8 Å². The van der Waals surface area contributed by atoms with Crippen LogP contribution >= 0.6 is 11.8 Å². The molecule has 1 aliphatic heterocycles. The number of rotatable bonds is 5. The molecule has 1 unspecified atom stereocenters. The van der Waals surface area contributed by atoms with Crippen molar-refractivity contribution in [1.82, 2.24) is 4.90 Å². The Labute approximate surface area is 124 Å². The molecule has 4 nitrogen and oxygen atoms in total. The molecular formula is C15H21NO3S. The van der Waals surface area contributed by atoms with Crippen LogP contribution in [0.2, 0.25) is 0 Å². The standard InChI is InChI=1S/C15H21NO3S/c1-10(2)8-16-14(17)9-20-15(16)11-5-12(18-3)7-13(6-11)19-4/h5-7,10,15H,8-9H2,1-4H3. The quantitative estimate of drug-likeness (QED) is 0.837. The maximum absolute atomic E-state index is 12.0. The molecule has 1 aromatic rings. The van der Waals surface area contributed by atoms with Crippen molar-refractivity contribution in [3.05, 3.63) is 23.8 Å². The zero-order chi connectivity index (χ0) is 14.7. The van der Waals surface area contributed by atoms with E-state index < -0.39 is 0 Å². The first-order chi connectivity index (χ1) is 9.55. The zero-order valence-electron chi connectivity index (χ0n) is 12.4. The van der Waals surface area contributed by atoms with Crippen LogP contribution < -0.4 is 9.47 Å². The van der Waals surface area contributed by atoms with E-state index in [-0.39, 0.29) is 11.3 Å². The molecule has 1 amide bonds. The highest BCUT2D eigenvalue weighted by Gasteiger charge is 2.33. The maximum Gasteiger partial charge on any atom is 0.233 e. The van der Waals surface area contributed by atoms with Gasteiger partial charge in [-0.1, -0.05) is 13.8 Å². The van der Waals surface area contributed by atoms with E-state index >= 15 is 0 Å². The van der Waals surface area contributed by atoms with Crippen molar-refractivity contribution in [2.24, 2.45) is 5.92 Å². The molecule has 0 N–H and O–H groups in total. The van der Waals surface area contributed by atoms with Crippen LogP contribution in [-0.4, -0.2) is 37.3 Å². The summed E-state index contributed by atoms with van der Waals surface area (Å²) in [6, 6.07) is 5.80. The summed E-state index contributed by atoms with van der Waals surface area (Å²) in [6.45, 7) is 5.02. The van der Waals surface area contributed by atoms with Gasteiger partial charge in [0.15, 0.2) is 0 Å². The van der Waals surface area contributed by atoms with Crippen molar-refractivity contribution in [3.63, 3.8) is 0 Å². The summed E-state index contributed by atoms with van der Waals surface area (Å²) < 4.78 is 10.6. The fourth-order valence-corrected chi connectivity index (χ4v) is 3.47. The second-order valence-electron chi connectivity index (χ2n) is 5.25. The van der Waals surface area contributed by atoms with Crippen molar-refractivity contribution in [2.75, 3.05) is 26.5 Å². The number of carbonyl (C=O) groups excluding carboxylic acids is 1. The molecule has 0 bridgehead atoms. The smallest absolute Gasteiger partial charge is 0.233 e. The highest BCUT2D eigenvalue weighted by atomic mass is 32.2. The van der Waals surface area contributed by atoms with E-state index in [1.54, 1.807) is 26.0 Å². The molecule has 1 heterocycles.